The highest BCUT2D eigenvalue weighted by Gasteiger charge is 2.30. The number of carbonyl (C=O) groups is 1. The van der Waals surface area contributed by atoms with Crippen molar-refractivity contribution in [3.63, 3.8) is 0 Å². The number of hydrogen-bond acceptors (Lipinski definition) is 1. The number of alkyl halides is 3. The molecule has 0 bridgehead atoms. The fraction of sp³-hybridized carbons (Fsp3) is 0.381. The summed E-state index contributed by atoms with van der Waals surface area (Å²) < 4.78 is 37.8. The summed E-state index contributed by atoms with van der Waals surface area (Å²) in [6.45, 7) is 1.99. The minimum Gasteiger partial charge on any atom is -0.331 e. The molecule has 144 valence electrons. The van der Waals surface area contributed by atoms with E-state index in [9.17, 15) is 18.0 Å². The van der Waals surface area contributed by atoms with Crippen LogP contribution in [0.15, 0.2) is 42.5 Å². The van der Waals surface area contributed by atoms with Gasteiger partial charge in [0.1, 0.15) is 0 Å². The van der Waals surface area contributed by atoms with Gasteiger partial charge in [-0.25, -0.2) is 4.79 Å². The lowest BCUT2D eigenvalue weighted by molar-refractivity contribution is -0.137. The molecule has 1 atom stereocenters. The van der Waals surface area contributed by atoms with Crippen molar-refractivity contribution in [3.8, 4) is 0 Å². The topological polar surface area (TPSA) is 41.1 Å². The quantitative estimate of drug-likeness (QED) is 0.690. The summed E-state index contributed by atoms with van der Waals surface area (Å²) in [4.78, 5) is 12.3. The van der Waals surface area contributed by atoms with Crippen LogP contribution in [0.4, 0.5) is 23.7 Å². The summed E-state index contributed by atoms with van der Waals surface area (Å²) in [5.41, 5.74) is 3.37. The third-order valence-corrected chi connectivity index (χ3v) is 4.96. The normalized spacial score (nSPS) is 15.0. The summed E-state index contributed by atoms with van der Waals surface area (Å²) in [5, 5.41) is 5.51. The Morgan fingerprint density at radius 2 is 1.70 bits per heavy atom. The lowest BCUT2D eigenvalue weighted by Crippen LogP contribution is -2.32. The molecule has 1 aliphatic rings. The van der Waals surface area contributed by atoms with Crippen molar-refractivity contribution in [3.05, 3.63) is 64.7 Å². The molecule has 27 heavy (non-hydrogen) atoms. The molecule has 0 radical (unpaired) electrons. The fourth-order valence-corrected chi connectivity index (χ4v) is 3.46. The van der Waals surface area contributed by atoms with Gasteiger partial charge in [0.25, 0.3) is 0 Å². The Hall–Kier alpha value is -2.50. The summed E-state index contributed by atoms with van der Waals surface area (Å²) in [6.07, 6.45) is 0.914. The fourth-order valence-electron chi connectivity index (χ4n) is 3.46. The molecule has 3 rings (SSSR count). The Balaban J connectivity index is 1.65. The number of fused-ring (bicyclic) bond motifs is 1. The maximum atomic E-state index is 12.6. The molecule has 2 amide bonds. The van der Waals surface area contributed by atoms with Crippen molar-refractivity contribution in [2.75, 3.05) is 5.32 Å². The molecule has 3 nitrogen and oxygen atoms in total. The monoisotopic (exact) mass is 376 g/mol. The van der Waals surface area contributed by atoms with Crippen molar-refractivity contribution < 1.29 is 18.0 Å². The van der Waals surface area contributed by atoms with Crippen LogP contribution in [0.25, 0.3) is 0 Å². The molecular formula is C21H23F3N2O. The van der Waals surface area contributed by atoms with E-state index in [4.69, 9.17) is 0 Å². The highest BCUT2D eigenvalue weighted by Crippen LogP contribution is 2.30. The Kier molecular flexibility index (Phi) is 5.73. The van der Waals surface area contributed by atoms with E-state index in [1.165, 1.54) is 36.1 Å². The van der Waals surface area contributed by atoms with Gasteiger partial charge in [0.15, 0.2) is 0 Å². The lowest BCUT2D eigenvalue weighted by Gasteiger charge is -2.22. The van der Waals surface area contributed by atoms with Crippen molar-refractivity contribution in [2.24, 2.45) is 0 Å². The van der Waals surface area contributed by atoms with Gasteiger partial charge >= 0.3 is 12.2 Å². The molecule has 0 fully saturated rings. The van der Waals surface area contributed by atoms with E-state index in [1.54, 1.807) is 0 Å². The summed E-state index contributed by atoms with van der Waals surface area (Å²) >= 11 is 0. The molecule has 0 saturated heterocycles. The van der Waals surface area contributed by atoms with Gasteiger partial charge in [-0.2, -0.15) is 13.2 Å². The third kappa shape index (κ3) is 4.81. The van der Waals surface area contributed by atoms with Gasteiger partial charge in [-0.15, -0.1) is 0 Å². The van der Waals surface area contributed by atoms with E-state index in [-0.39, 0.29) is 6.04 Å². The molecule has 2 N–H and O–H groups in total. The van der Waals surface area contributed by atoms with Gasteiger partial charge in [-0.05, 0) is 73.1 Å². The Labute approximate surface area is 157 Å². The molecule has 0 saturated carbocycles. The van der Waals surface area contributed by atoms with Crippen LogP contribution in [-0.4, -0.2) is 6.03 Å². The van der Waals surface area contributed by atoms with Crippen LogP contribution < -0.4 is 10.6 Å². The number of benzene rings is 2. The third-order valence-electron chi connectivity index (χ3n) is 4.96. The van der Waals surface area contributed by atoms with Gasteiger partial charge in [-0.1, -0.05) is 25.1 Å². The summed E-state index contributed by atoms with van der Waals surface area (Å²) in [7, 11) is 0. The standard InChI is InChI=1S/C21H23F3N2O/c1-2-19(16-8-7-14-5-3-4-6-15(14)13-16)26-20(27)25-18-11-9-17(10-12-18)21(22,23)24/h7-13,19H,2-6H2,1H3,(H2,25,26,27). The molecule has 0 aliphatic heterocycles. The van der Waals surface area contributed by atoms with Gasteiger partial charge in [-0.3, -0.25) is 0 Å². The highest BCUT2D eigenvalue weighted by atomic mass is 19.4. The highest BCUT2D eigenvalue weighted by molar-refractivity contribution is 5.89. The minimum absolute atomic E-state index is 0.147. The van der Waals surface area contributed by atoms with E-state index in [0.29, 0.717) is 5.69 Å². The Morgan fingerprint density at radius 1 is 1.04 bits per heavy atom. The summed E-state index contributed by atoms with van der Waals surface area (Å²) in [5.74, 6) is 0. The first-order valence-corrected chi connectivity index (χ1v) is 9.23. The molecule has 0 heterocycles. The maximum Gasteiger partial charge on any atom is 0.416 e. The molecular weight excluding hydrogens is 353 g/mol. The van der Waals surface area contributed by atoms with Crippen LogP contribution in [0.3, 0.4) is 0 Å². The van der Waals surface area contributed by atoms with Crippen LogP contribution in [0.2, 0.25) is 0 Å². The van der Waals surface area contributed by atoms with E-state index in [0.717, 1.165) is 37.0 Å². The lowest BCUT2D eigenvalue weighted by atomic mass is 9.89. The molecule has 0 spiro atoms. The zero-order chi connectivity index (χ0) is 19.4. The first-order chi connectivity index (χ1) is 12.9. The van der Waals surface area contributed by atoms with Gasteiger partial charge in [0, 0.05) is 5.69 Å². The predicted octanol–water partition coefficient (Wildman–Crippen LogP) is 5.86. The second-order valence-corrected chi connectivity index (χ2v) is 6.87. The number of urea groups is 1. The number of nitrogens with one attached hydrogen (secondary N) is 2. The van der Waals surface area contributed by atoms with Crippen LogP contribution >= 0.6 is 0 Å². The van der Waals surface area contributed by atoms with Crippen LogP contribution in [0.5, 0.6) is 0 Å². The van der Waals surface area contributed by atoms with Crippen molar-refractivity contribution >= 4 is 11.7 Å². The number of hydrogen-bond donors (Lipinski definition) is 2. The van der Waals surface area contributed by atoms with Gasteiger partial charge in [0.05, 0.1) is 11.6 Å². The van der Waals surface area contributed by atoms with Crippen molar-refractivity contribution in [2.45, 2.75) is 51.2 Å². The number of rotatable bonds is 4. The minimum atomic E-state index is -4.39. The van der Waals surface area contributed by atoms with Gasteiger partial charge < -0.3 is 10.6 Å². The van der Waals surface area contributed by atoms with Crippen molar-refractivity contribution in [1.29, 1.82) is 0 Å². The van der Waals surface area contributed by atoms with Crippen LogP contribution in [0.1, 0.15) is 54.5 Å². The molecule has 1 unspecified atom stereocenters. The average molecular weight is 376 g/mol. The Bertz CT molecular complexity index is 800. The average Bonchev–Trinajstić information content (AvgIpc) is 2.65. The molecule has 2 aromatic rings. The van der Waals surface area contributed by atoms with E-state index in [1.807, 2.05) is 6.92 Å². The molecule has 2 aromatic carbocycles. The largest absolute Gasteiger partial charge is 0.416 e. The van der Waals surface area contributed by atoms with Crippen LogP contribution in [0, 0.1) is 0 Å². The number of amides is 2. The summed E-state index contributed by atoms with van der Waals surface area (Å²) in [6, 6.07) is 10.2. The van der Waals surface area contributed by atoms with E-state index < -0.39 is 17.8 Å². The predicted molar refractivity (Wildman–Crippen MR) is 99.7 cm³/mol. The first kappa shape index (κ1) is 19.3. The van der Waals surface area contributed by atoms with Gasteiger partial charge in [0.2, 0.25) is 0 Å². The number of aryl methyl sites for hydroxylation is 2. The molecule has 0 aromatic heterocycles. The maximum absolute atomic E-state index is 12.6. The van der Waals surface area contributed by atoms with E-state index >= 15 is 0 Å². The molecule has 1 aliphatic carbocycles. The number of carbonyl (C=O) groups excluding carboxylic acids is 1. The first-order valence-electron chi connectivity index (χ1n) is 9.23. The van der Waals surface area contributed by atoms with Crippen LogP contribution in [-0.2, 0) is 19.0 Å². The smallest absolute Gasteiger partial charge is 0.331 e. The zero-order valence-electron chi connectivity index (χ0n) is 15.2. The van der Waals surface area contributed by atoms with Crippen molar-refractivity contribution in [1.82, 2.24) is 5.32 Å². The Morgan fingerprint density at radius 3 is 2.33 bits per heavy atom. The number of anilines is 1. The second-order valence-electron chi connectivity index (χ2n) is 6.87. The number of halogens is 3. The molecule has 6 heteroatoms. The zero-order valence-corrected chi connectivity index (χ0v) is 15.2. The second kappa shape index (κ2) is 8.03. The van der Waals surface area contributed by atoms with E-state index in [2.05, 4.69) is 28.8 Å². The SMILES string of the molecule is CCC(NC(=O)Nc1ccc(C(F)(F)F)cc1)c1ccc2c(c1)CCCC2.